The van der Waals surface area contributed by atoms with Crippen molar-refractivity contribution >= 4 is 5.96 Å². The first-order chi connectivity index (χ1) is 7.08. The molecular weight excluding hydrogens is 188 g/mol. The highest BCUT2D eigenvalue weighted by molar-refractivity contribution is 5.73. The fourth-order valence-corrected chi connectivity index (χ4v) is 2.05. The maximum atomic E-state index is 7.20. The smallest absolute Gasteiger partial charge is 0.200 e. The third-order valence-electron chi connectivity index (χ3n) is 2.88. The highest BCUT2D eigenvalue weighted by atomic mass is 15.5. The zero-order valence-electron chi connectivity index (χ0n) is 9.09. The van der Waals surface area contributed by atoms with Gasteiger partial charge in [-0.3, -0.25) is 10.8 Å². The molecule has 80 valence electrons. The van der Waals surface area contributed by atoms with E-state index in [1.54, 1.807) is 0 Å². The van der Waals surface area contributed by atoms with Crippen molar-refractivity contribution in [2.75, 3.05) is 0 Å². The van der Waals surface area contributed by atoms with Gasteiger partial charge in [0.15, 0.2) is 0 Å². The first kappa shape index (κ1) is 9.98. The van der Waals surface area contributed by atoms with Crippen molar-refractivity contribution in [3.63, 3.8) is 0 Å². The molecule has 0 aliphatic carbocycles. The van der Waals surface area contributed by atoms with Crippen LogP contribution in [0.5, 0.6) is 0 Å². The molecule has 0 fully saturated rings. The first-order valence-electron chi connectivity index (χ1n) is 5.01. The number of hydrazine groups is 1. The number of fused-ring (bicyclic) bond motifs is 1. The Morgan fingerprint density at radius 3 is 2.13 bits per heavy atom. The molecular formula is C11H16N4. The first-order valence-corrected chi connectivity index (χ1v) is 5.01. The molecule has 0 radical (unpaired) electrons. The number of nitrogens with zero attached hydrogens (tertiary/aromatic N) is 1. The lowest BCUT2D eigenvalue weighted by Gasteiger charge is -2.15. The minimum Gasteiger partial charge on any atom is -0.369 e. The van der Waals surface area contributed by atoms with Gasteiger partial charge in [0.2, 0.25) is 5.96 Å². The largest absolute Gasteiger partial charge is 0.369 e. The standard InChI is InChI=1S/C11H16N4/c1-7-3-4-8(2)10-6-15(5-9(7)10)14-11(12)13/h3-4H,5-6H2,1-2H3,(H4,12,13,14). The molecule has 0 saturated carbocycles. The molecule has 0 aromatic heterocycles. The van der Waals surface area contributed by atoms with Crippen molar-refractivity contribution in [1.29, 1.82) is 5.41 Å². The van der Waals surface area contributed by atoms with Crippen molar-refractivity contribution in [1.82, 2.24) is 10.4 Å². The number of guanidine groups is 1. The Morgan fingerprint density at radius 1 is 1.27 bits per heavy atom. The van der Waals surface area contributed by atoms with E-state index < -0.39 is 0 Å². The van der Waals surface area contributed by atoms with E-state index >= 15 is 0 Å². The summed E-state index contributed by atoms with van der Waals surface area (Å²) in [4.78, 5) is 0. The van der Waals surface area contributed by atoms with Crippen LogP contribution in [0, 0.1) is 19.3 Å². The van der Waals surface area contributed by atoms with E-state index in [0.29, 0.717) is 0 Å². The maximum absolute atomic E-state index is 7.20. The van der Waals surface area contributed by atoms with Crippen molar-refractivity contribution in [2.24, 2.45) is 5.73 Å². The van der Waals surface area contributed by atoms with Crippen molar-refractivity contribution < 1.29 is 0 Å². The molecule has 1 aromatic carbocycles. The number of nitrogens with two attached hydrogens (primary N) is 1. The van der Waals surface area contributed by atoms with Crippen LogP contribution in [0.3, 0.4) is 0 Å². The van der Waals surface area contributed by atoms with Gasteiger partial charge in [0.25, 0.3) is 0 Å². The normalized spacial score (nSPS) is 15.1. The molecule has 1 heterocycles. The summed E-state index contributed by atoms with van der Waals surface area (Å²) in [6.07, 6.45) is 0. The third-order valence-corrected chi connectivity index (χ3v) is 2.88. The number of hydrogen-bond donors (Lipinski definition) is 3. The lowest BCUT2D eigenvalue weighted by Crippen LogP contribution is -2.42. The highest BCUT2D eigenvalue weighted by Crippen LogP contribution is 2.26. The van der Waals surface area contributed by atoms with Gasteiger partial charge >= 0.3 is 0 Å². The predicted molar refractivity (Wildman–Crippen MR) is 60.2 cm³/mol. The van der Waals surface area contributed by atoms with E-state index in [-0.39, 0.29) is 5.96 Å². The van der Waals surface area contributed by atoms with Gasteiger partial charge in [-0.2, -0.15) is 0 Å². The minimum absolute atomic E-state index is 0.00175. The molecule has 0 unspecified atom stereocenters. The molecule has 0 bridgehead atoms. The van der Waals surface area contributed by atoms with Gasteiger partial charge in [0.1, 0.15) is 0 Å². The summed E-state index contributed by atoms with van der Waals surface area (Å²) in [7, 11) is 0. The fourth-order valence-electron chi connectivity index (χ4n) is 2.05. The summed E-state index contributed by atoms with van der Waals surface area (Å²) < 4.78 is 0. The zero-order valence-corrected chi connectivity index (χ0v) is 9.09. The molecule has 1 aromatic rings. The van der Waals surface area contributed by atoms with Crippen LogP contribution in [0.2, 0.25) is 0 Å². The van der Waals surface area contributed by atoms with E-state index in [1.165, 1.54) is 22.3 Å². The Labute approximate surface area is 89.6 Å². The molecule has 0 spiro atoms. The second-order valence-electron chi connectivity index (χ2n) is 4.04. The monoisotopic (exact) mass is 204 g/mol. The van der Waals surface area contributed by atoms with Gasteiger partial charge in [0.05, 0.1) is 0 Å². The molecule has 4 N–H and O–H groups in total. The van der Waals surface area contributed by atoms with Gasteiger partial charge in [-0.05, 0) is 36.1 Å². The second-order valence-corrected chi connectivity index (χ2v) is 4.04. The molecule has 0 atom stereocenters. The van der Waals surface area contributed by atoms with Gasteiger partial charge in [-0.15, -0.1) is 0 Å². The fraction of sp³-hybridized carbons (Fsp3) is 0.364. The molecule has 15 heavy (non-hydrogen) atoms. The van der Waals surface area contributed by atoms with Crippen LogP contribution in [0.15, 0.2) is 12.1 Å². The Bertz CT molecular complexity index is 380. The topological polar surface area (TPSA) is 65.1 Å². The van der Waals surface area contributed by atoms with Crippen LogP contribution in [-0.2, 0) is 13.1 Å². The van der Waals surface area contributed by atoms with Crippen LogP contribution >= 0.6 is 0 Å². The number of hydrogen-bond acceptors (Lipinski definition) is 2. The van der Waals surface area contributed by atoms with Crippen LogP contribution in [0.25, 0.3) is 0 Å². The lowest BCUT2D eigenvalue weighted by atomic mass is 10.0. The summed E-state index contributed by atoms with van der Waals surface area (Å²) in [5.41, 5.74) is 13.5. The summed E-state index contributed by atoms with van der Waals surface area (Å²) in [5, 5.41) is 9.16. The number of nitrogens with one attached hydrogen (secondary N) is 2. The van der Waals surface area contributed by atoms with Crippen molar-refractivity contribution in [3.05, 3.63) is 34.4 Å². The van der Waals surface area contributed by atoms with Crippen LogP contribution in [0.4, 0.5) is 0 Å². The average molecular weight is 204 g/mol. The van der Waals surface area contributed by atoms with Gasteiger partial charge in [-0.25, -0.2) is 5.01 Å². The minimum atomic E-state index is -0.00175. The average Bonchev–Trinajstić information content (AvgIpc) is 2.55. The van der Waals surface area contributed by atoms with E-state index in [9.17, 15) is 0 Å². The van der Waals surface area contributed by atoms with Crippen LogP contribution < -0.4 is 11.2 Å². The lowest BCUT2D eigenvalue weighted by molar-refractivity contribution is 0.239. The number of rotatable bonds is 1. The number of benzene rings is 1. The predicted octanol–water partition coefficient (Wildman–Crippen LogP) is 1.02. The third kappa shape index (κ3) is 1.80. The van der Waals surface area contributed by atoms with Crippen molar-refractivity contribution in [2.45, 2.75) is 26.9 Å². The highest BCUT2D eigenvalue weighted by Gasteiger charge is 2.21. The molecule has 1 aliphatic heterocycles. The Morgan fingerprint density at radius 2 is 1.73 bits per heavy atom. The molecule has 1 aliphatic rings. The van der Waals surface area contributed by atoms with E-state index in [0.717, 1.165) is 13.1 Å². The van der Waals surface area contributed by atoms with Gasteiger partial charge < -0.3 is 5.73 Å². The summed E-state index contributed by atoms with van der Waals surface area (Å²) in [6, 6.07) is 4.29. The van der Waals surface area contributed by atoms with E-state index in [4.69, 9.17) is 11.1 Å². The summed E-state index contributed by atoms with van der Waals surface area (Å²) in [5.74, 6) is -0.00175. The van der Waals surface area contributed by atoms with E-state index in [2.05, 4.69) is 31.4 Å². The molecule has 4 heteroatoms. The molecule has 0 amide bonds. The molecule has 0 saturated heterocycles. The number of aryl methyl sites for hydroxylation is 2. The summed E-state index contributed by atoms with van der Waals surface area (Å²) >= 11 is 0. The Balaban J connectivity index is 2.26. The van der Waals surface area contributed by atoms with Crippen LogP contribution in [0.1, 0.15) is 22.3 Å². The van der Waals surface area contributed by atoms with Gasteiger partial charge in [-0.1, -0.05) is 12.1 Å². The SMILES string of the molecule is Cc1ccc(C)c2c1CN(NC(=N)N)C2. The van der Waals surface area contributed by atoms with E-state index in [1.807, 2.05) is 5.01 Å². The maximum Gasteiger partial charge on any atom is 0.200 e. The summed E-state index contributed by atoms with van der Waals surface area (Å²) in [6.45, 7) is 5.88. The molecule has 4 nitrogen and oxygen atoms in total. The Kier molecular flexibility index (Phi) is 2.36. The second kappa shape index (κ2) is 3.55. The van der Waals surface area contributed by atoms with Crippen LogP contribution in [-0.4, -0.2) is 11.0 Å². The Hall–Kier alpha value is -1.55. The zero-order chi connectivity index (χ0) is 11.0. The van der Waals surface area contributed by atoms with Gasteiger partial charge in [0, 0.05) is 13.1 Å². The quantitative estimate of drug-likeness (QED) is 0.472. The van der Waals surface area contributed by atoms with Crippen molar-refractivity contribution in [3.8, 4) is 0 Å². The molecule has 2 rings (SSSR count).